The molecule has 0 fully saturated rings. The SMILES string of the molecule is CC(C)NCc1cccc(COCc2ccccc2)c1. The first-order valence-corrected chi connectivity index (χ1v) is 7.17. The molecule has 0 heterocycles. The first-order chi connectivity index (χ1) is 9.74. The molecule has 0 aliphatic heterocycles. The smallest absolute Gasteiger partial charge is 0.0721 e. The zero-order chi connectivity index (χ0) is 14.2. The molecule has 2 heteroatoms. The lowest BCUT2D eigenvalue weighted by atomic mass is 10.1. The average Bonchev–Trinajstić information content (AvgIpc) is 2.47. The summed E-state index contributed by atoms with van der Waals surface area (Å²) in [6, 6.07) is 19.3. The third-order valence-corrected chi connectivity index (χ3v) is 3.09. The molecule has 20 heavy (non-hydrogen) atoms. The second-order valence-corrected chi connectivity index (χ2v) is 5.33. The van der Waals surface area contributed by atoms with Gasteiger partial charge in [0.15, 0.2) is 0 Å². The summed E-state index contributed by atoms with van der Waals surface area (Å²) in [5, 5.41) is 3.43. The van der Waals surface area contributed by atoms with Crippen molar-refractivity contribution < 1.29 is 4.74 Å². The molecule has 2 aromatic carbocycles. The van der Waals surface area contributed by atoms with Crippen LogP contribution in [-0.2, 0) is 24.5 Å². The number of hydrogen-bond acceptors (Lipinski definition) is 2. The van der Waals surface area contributed by atoms with Gasteiger partial charge in [0.05, 0.1) is 13.2 Å². The number of rotatable bonds is 7. The summed E-state index contributed by atoms with van der Waals surface area (Å²) >= 11 is 0. The van der Waals surface area contributed by atoms with Crippen molar-refractivity contribution >= 4 is 0 Å². The third-order valence-electron chi connectivity index (χ3n) is 3.09. The maximum Gasteiger partial charge on any atom is 0.0721 e. The first kappa shape index (κ1) is 14.8. The number of hydrogen-bond donors (Lipinski definition) is 1. The predicted octanol–water partition coefficient (Wildman–Crippen LogP) is 3.90. The Kier molecular flexibility index (Phi) is 5.78. The molecule has 1 N–H and O–H groups in total. The Labute approximate surface area is 121 Å². The van der Waals surface area contributed by atoms with E-state index in [1.807, 2.05) is 18.2 Å². The predicted molar refractivity (Wildman–Crippen MR) is 83.4 cm³/mol. The Morgan fingerprint density at radius 1 is 0.850 bits per heavy atom. The molecule has 106 valence electrons. The lowest BCUT2D eigenvalue weighted by molar-refractivity contribution is 0.107. The van der Waals surface area contributed by atoms with Crippen molar-refractivity contribution in [2.45, 2.75) is 39.6 Å². The molecule has 0 aromatic heterocycles. The molecule has 2 rings (SSSR count). The summed E-state index contributed by atoms with van der Waals surface area (Å²) in [7, 11) is 0. The van der Waals surface area contributed by atoms with Gasteiger partial charge < -0.3 is 10.1 Å². The van der Waals surface area contributed by atoms with Crippen LogP contribution in [0, 0.1) is 0 Å². The van der Waals surface area contributed by atoms with Crippen molar-refractivity contribution in [2.24, 2.45) is 0 Å². The van der Waals surface area contributed by atoms with Crippen LogP contribution in [0.5, 0.6) is 0 Å². The van der Waals surface area contributed by atoms with Crippen molar-refractivity contribution in [1.82, 2.24) is 5.32 Å². The van der Waals surface area contributed by atoms with Crippen molar-refractivity contribution in [2.75, 3.05) is 0 Å². The molecule has 0 radical (unpaired) electrons. The van der Waals surface area contributed by atoms with Gasteiger partial charge in [-0.3, -0.25) is 0 Å². The third kappa shape index (κ3) is 5.16. The molecular weight excluding hydrogens is 246 g/mol. The Balaban J connectivity index is 1.82. The number of benzene rings is 2. The van der Waals surface area contributed by atoms with Gasteiger partial charge in [-0.15, -0.1) is 0 Å². The fraction of sp³-hybridized carbons (Fsp3) is 0.333. The fourth-order valence-corrected chi connectivity index (χ4v) is 2.01. The molecule has 0 saturated carbocycles. The van der Waals surface area contributed by atoms with Crippen LogP contribution < -0.4 is 5.32 Å². The van der Waals surface area contributed by atoms with E-state index < -0.39 is 0 Å². The summed E-state index contributed by atoms with van der Waals surface area (Å²) in [6.07, 6.45) is 0. The maximum absolute atomic E-state index is 5.77. The molecule has 0 saturated heterocycles. The van der Waals surface area contributed by atoms with Crippen molar-refractivity contribution in [1.29, 1.82) is 0 Å². The van der Waals surface area contributed by atoms with E-state index in [1.165, 1.54) is 16.7 Å². The largest absolute Gasteiger partial charge is 0.372 e. The Hall–Kier alpha value is -1.64. The van der Waals surface area contributed by atoms with Gasteiger partial charge in [0.25, 0.3) is 0 Å². The number of ether oxygens (including phenoxy) is 1. The molecule has 2 nitrogen and oxygen atoms in total. The summed E-state index contributed by atoms with van der Waals surface area (Å²) in [4.78, 5) is 0. The minimum Gasteiger partial charge on any atom is -0.372 e. The van der Waals surface area contributed by atoms with Crippen LogP contribution >= 0.6 is 0 Å². The quantitative estimate of drug-likeness (QED) is 0.823. The van der Waals surface area contributed by atoms with Gasteiger partial charge in [0.1, 0.15) is 0 Å². The van der Waals surface area contributed by atoms with Crippen molar-refractivity contribution in [3.05, 3.63) is 71.3 Å². The summed E-state index contributed by atoms with van der Waals surface area (Å²) in [5.74, 6) is 0. The zero-order valence-electron chi connectivity index (χ0n) is 12.3. The topological polar surface area (TPSA) is 21.3 Å². The molecule has 0 amide bonds. The Bertz CT molecular complexity index is 508. The number of nitrogens with one attached hydrogen (secondary N) is 1. The minimum atomic E-state index is 0.507. The van der Waals surface area contributed by atoms with Gasteiger partial charge >= 0.3 is 0 Å². The van der Waals surface area contributed by atoms with E-state index in [-0.39, 0.29) is 0 Å². The lowest BCUT2D eigenvalue weighted by Crippen LogP contribution is -2.21. The standard InChI is InChI=1S/C18H23NO/c1-15(2)19-12-17-9-6-10-18(11-17)14-20-13-16-7-4-3-5-8-16/h3-11,15,19H,12-14H2,1-2H3. The summed E-state index contributed by atoms with van der Waals surface area (Å²) in [5.41, 5.74) is 3.74. The molecule has 0 aliphatic carbocycles. The first-order valence-electron chi connectivity index (χ1n) is 7.17. The normalized spacial score (nSPS) is 10.9. The Morgan fingerprint density at radius 2 is 1.50 bits per heavy atom. The van der Waals surface area contributed by atoms with Gasteiger partial charge in [0.2, 0.25) is 0 Å². The molecule has 0 spiro atoms. The highest BCUT2D eigenvalue weighted by Gasteiger charge is 1.99. The van der Waals surface area contributed by atoms with Gasteiger partial charge in [-0.2, -0.15) is 0 Å². The summed E-state index contributed by atoms with van der Waals surface area (Å²) in [6.45, 7) is 6.55. The average molecular weight is 269 g/mol. The van der Waals surface area contributed by atoms with Crippen LogP contribution in [0.1, 0.15) is 30.5 Å². The van der Waals surface area contributed by atoms with Crippen molar-refractivity contribution in [3.63, 3.8) is 0 Å². The molecule has 2 aromatic rings. The van der Waals surface area contributed by atoms with Gasteiger partial charge in [-0.05, 0) is 16.7 Å². The van der Waals surface area contributed by atoms with E-state index in [4.69, 9.17) is 4.74 Å². The van der Waals surface area contributed by atoms with Gasteiger partial charge in [-0.25, -0.2) is 0 Å². The van der Waals surface area contributed by atoms with E-state index in [1.54, 1.807) is 0 Å². The van der Waals surface area contributed by atoms with Crippen LogP contribution in [-0.4, -0.2) is 6.04 Å². The minimum absolute atomic E-state index is 0.507. The Morgan fingerprint density at radius 3 is 2.25 bits per heavy atom. The van der Waals surface area contributed by atoms with Crippen molar-refractivity contribution in [3.8, 4) is 0 Å². The highest BCUT2D eigenvalue weighted by Crippen LogP contribution is 2.09. The van der Waals surface area contributed by atoms with Crippen LogP contribution in [0.3, 0.4) is 0 Å². The zero-order valence-corrected chi connectivity index (χ0v) is 12.3. The van der Waals surface area contributed by atoms with E-state index in [0.717, 1.165) is 6.54 Å². The molecular formula is C18H23NO. The highest BCUT2D eigenvalue weighted by atomic mass is 16.5. The molecule has 0 bridgehead atoms. The maximum atomic E-state index is 5.77. The lowest BCUT2D eigenvalue weighted by Gasteiger charge is -2.10. The second kappa shape index (κ2) is 7.83. The highest BCUT2D eigenvalue weighted by molar-refractivity contribution is 5.23. The monoisotopic (exact) mass is 269 g/mol. The second-order valence-electron chi connectivity index (χ2n) is 5.33. The van der Waals surface area contributed by atoms with E-state index in [2.05, 4.69) is 55.6 Å². The van der Waals surface area contributed by atoms with Crippen LogP contribution in [0.25, 0.3) is 0 Å². The van der Waals surface area contributed by atoms with Crippen LogP contribution in [0.15, 0.2) is 54.6 Å². The van der Waals surface area contributed by atoms with E-state index in [0.29, 0.717) is 19.3 Å². The van der Waals surface area contributed by atoms with Crippen LogP contribution in [0.4, 0.5) is 0 Å². The van der Waals surface area contributed by atoms with E-state index in [9.17, 15) is 0 Å². The molecule has 0 aliphatic rings. The van der Waals surface area contributed by atoms with Gasteiger partial charge in [0, 0.05) is 12.6 Å². The summed E-state index contributed by atoms with van der Waals surface area (Å²) < 4.78 is 5.77. The molecule has 0 atom stereocenters. The fourth-order valence-electron chi connectivity index (χ4n) is 2.01. The van der Waals surface area contributed by atoms with Crippen LogP contribution in [0.2, 0.25) is 0 Å². The van der Waals surface area contributed by atoms with E-state index >= 15 is 0 Å². The van der Waals surface area contributed by atoms with Gasteiger partial charge in [-0.1, -0.05) is 68.4 Å². The molecule has 0 unspecified atom stereocenters.